The van der Waals surface area contributed by atoms with E-state index in [1.165, 1.54) is 4.57 Å². The average molecular weight is 394 g/mol. The normalized spacial score (nSPS) is 11.6. The molecule has 0 saturated heterocycles. The highest BCUT2D eigenvalue weighted by molar-refractivity contribution is 6.30. The highest BCUT2D eigenvalue weighted by atomic mass is 35.5. The number of benzene rings is 2. The quantitative estimate of drug-likeness (QED) is 0.492. The van der Waals surface area contributed by atoms with E-state index in [1.54, 1.807) is 36.4 Å². The van der Waals surface area contributed by atoms with E-state index in [4.69, 9.17) is 16.6 Å². The van der Waals surface area contributed by atoms with E-state index in [9.17, 15) is 9.59 Å². The van der Waals surface area contributed by atoms with Gasteiger partial charge in [0.25, 0.3) is 5.56 Å². The SMILES string of the molecule is CC(C)Cc1nc2c(c(=O)c3ccccc3n2C)c(=O)n1-c1cccc(Cl)c1. The van der Waals surface area contributed by atoms with Crippen LogP contribution in [0.1, 0.15) is 19.7 Å². The highest BCUT2D eigenvalue weighted by Gasteiger charge is 2.19. The molecule has 0 atom stereocenters. The summed E-state index contributed by atoms with van der Waals surface area (Å²) in [5.41, 5.74) is 1.10. The first-order valence-electron chi connectivity index (χ1n) is 9.17. The maximum Gasteiger partial charge on any atom is 0.271 e. The molecule has 2 aromatic heterocycles. The summed E-state index contributed by atoms with van der Waals surface area (Å²) in [6.45, 7) is 4.14. The van der Waals surface area contributed by atoms with Crippen LogP contribution in [0.2, 0.25) is 5.02 Å². The van der Waals surface area contributed by atoms with E-state index < -0.39 is 0 Å². The van der Waals surface area contributed by atoms with Crippen LogP contribution in [-0.4, -0.2) is 14.1 Å². The molecule has 0 fully saturated rings. The summed E-state index contributed by atoms with van der Waals surface area (Å²) in [5.74, 6) is 0.896. The van der Waals surface area contributed by atoms with E-state index in [-0.39, 0.29) is 22.3 Å². The largest absolute Gasteiger partial charge is 0.328 e. The zero-order valence-electron chi connectivity index (χ0n) is 15.9. The van der Waals surface area contributed by atoms with E-state index in [0.717, 1.165) is 5.52 Å². The molecule has 0 amide bonds. The Labute approximate surface area is 166 Å². The third kappa shape index (κ3) is 2.92. The second-order valence-electron chi connectivity index (χ2n) is 7.35. The molecule has 0 unspecified atom stereocenters. The van der Waals surface area contributed by atoms with Gasteiger partial charge in [0.15, 0.2) is 5.65 Å². The molecule has 0 aliphatic rings. The predicted molar refractivity (Wildman–Crippen MR) is 114 cm³/mol. The molecule has 0 radical (unpaired) electrons. The van der Waals surface area contributed by atoms with Crippen molar-refractivity contribution < 1.29 is 0 Å². The van der Waals surface area contributed by atoms with Crippen molar-refractivity contribution in [1.82, 2.24) is 14.1 Å². The minimum Gasteiger partial charge on any atom is -0.328 e. The lowest BCUT2D eigenvalue weighted by molar-refractivity contribution is 0.604. The van der Waals surface area contributed by atoms with Gasteiger partial charge in [0.05, 0.1) is 11.2 Å². The number of aryl methyl sites for hydroxylation is 1. The summed E-state index contributed by atoms with van der Waals surface area (Å²) in [7, 11) is 1.83. The Kier molecular flexibility index (Phi) is 4.55. The molecule has 4 rings (SSSR count). The van der Waals surface area contributed by atoms with Crippen LogP contribution in [0.4, 0.5) is 0 Å². The Hall–Kier alpha value is -2.92. The second kappa shape index (κ2) is 6.91. The summed E-state index contributed by atoms with van der Waals surface area (Å²) in [6.07, 6.45) is 0.596. The second-order valence-corrected chi connectivity index (χ2v) is 7.79. The molecular weight excluding hydrogens is 374 g/mol. The summed E-state index contributed by atoms with van der Waals surface area (Å²) in [4.78, 5) is 31.5. The number of nitrogens with zero attached hydrogens (tertiary/aromatic N) is 3. The van der Waals surface area contributed by atoms with E-state index >= 15 is 0 Å². The zero-order chi connectivity index (χ0) is 20.0. The molecule has 0 aliphatic heterocycles. The van der Waals surface area contributed by atoms with Gasteiger partial charge < -0.3 is 4.57 Å². The molecule has 0 bridgehead atoms. The molecule has 0 N–H and O–H groups in total. The summed E-state index contributed by atoms with van der Waals surface area (Å²) in [6, 6.07) is 14.3. The lowest BCUT2D eigenvalue weighted by Gasteiger charge is -2.17. The number of halogens is 1. The number of rotatable bonds is 3. The minimum atomic E-state index is -0.366. The van der Waals surface area contributed by atoms with Crippen molar-refractivity contribution in [1.29, 1.82) is 0 Å². The van der Waals surface area contributed by atoms with E-state index in [1.807, 2.05) is 23.7 Å². The van der Waals surface area contributed by atoms with Crippen LogP contribution in [0.5, 0.6) is 0 Å². The monoisotopic (exact) mass is 393 g/mol. The maximum absolute atomic E-state index is 13.5. The van der Waals surface area contributed by atoms with Gasteiger partial charge in [-0.2, -0.15) is 0 Å². The molecule has 0 spiro atoms. The molecule has 2 aromatic carbocycles. The van der Waals surface area contributed by atoms with Crippen LogP contribution >= 0.6 is 11.6 Å². The molecule has 2 heterocycles. The first-order valence-corrected chi connectivity index (χ1v) is 9.55. The van der Waals surface area contributed by atoms with Crippen LogP contribution in [0.25, 0.3) is 27.6 Å². The highest BCUT2D eigenvalue weighted by Crippen LogP contribution is 2.20. The van der Waals surface area contributed by atoms with E-state index in [2.05, 4.69) is 13.8 Å². The van der Waals surface area contributed by atoms with Crippen molar-refractivity contribution in [3.63, 3.8) is 0 Å². The van der Waals surface area contributed by atoms with Gasteiger partial charge >= 0.3 is 0 Å². The van der Waals surface area contributed by atoms with Crippen LogP contribution < -0.4 is 11.0 Å². The molecule has 0 aliphatic carbocycles. The zero-order valence-corrected chi connectivity index (χ0v) is 16.7. The van der Waals surface area contributed by atoms with Gasteiger partial charge in [0, 0.05) is 23.9 Å². The van der Waals surface area contributed by atoms with Crippen molar-refractivity contribution >= 4 is 33.5 Å². The standard InChI is InChI=1S/C22H20ClN3O2/c1-13(2)11-18-24-21-19(20(27)16-9-4-5-10-17(16)25(21)3)22(28)26(18)15-8-6-7-14(23)12-15/h4-10,12-13H,11H2,1-3H3. The molecule has 4 aromatic rings. The van der Waals surface area contributed by atoms with Gasteiger partial charge in [-0.25, -0.2) is 4.98 Å². The van der Waals surface area contributed by atoms with Crippen molar-refractivity contribution in [2.24, 2.45) is 13.0 Å². The van der Waals surface area contributed by atoms with Crippen molar-refractivity contribution in [2.75, 3.05) is 0 Å². The van der Waals surface area contributed by atoms with Crippen LogP contribution in [0, 0.1) is 5.92 Å². The predicted octanol–water partition coefficient (Wildman–Crippen LogP) is 4.09. The number of hydrogen-bond donors (Lipinski definition) is 0. The van der Waals surface area contributed by atoms with Crippen molar-refractivity contribution in [3.8, 4) is 5.69 Å². The van der Waals surface area contributed by atoms with Crippen molar-refractivity contribution in [3.05, 3.63) is 80.0 Å². The molecule has 5 nitrogen and oxygen atoms in total. The minimum absolute atomic E-state index is 0.0914. The third-order valence-corrected chi connectivity index (χ3v) is 5.08. The van der Waals surface area contributed by atoms with Gasteiger partial charge in [-0.15, -0.1) is 0 Å². The first-order chi connectivity index (χ1) is 13.4. The molecule has 0 saturated carbocycles. The van der Waals surface area contributed by atoms with Crippen LogP contribution in [0.3, 0.4) is 0 Å². The topological polar surface area (TPSA) is 56.9 Å². The smallest absolute Gasteiger partial charge is 0.271 e. The Morgan fingerprint density at radius 2 is 1.82 bits per heavy atom. The van der Waals surface area contributed by atoms with Crippen molar-refractivity contribution in [2.45, 2.75) is 20.3 Å². The fourth-order valence-corrected chi connectivity index (χ4v) is 3.77. The number of pyridine rings is 1. The van der Waals surface area contributed by atoms with Crippen LogP contribution in [-0.2, 0) is 13.5 Å². The van der Waals surface area contributed by atoms with Gasteiger partial charge in [0.1, 0.15) is 11.2 Å². The molecule has 142 valence electrons. The Morgan fingerprint density at radius 3 is 2.54 bits per heavy atom. The van der Waals surface area contributed by atoms with Gasteiger partial charge in [0.2, 0.25) is 5.43 Å². The molecular formula is C22H20ClN3O2. The fraction of sp³-hybridized carbons (Fsp3) is 0.227. The van der Waals surface area contributed by atoms with Gasteiger partial charge in [-0.05, 0) is 36.2 Å². The third-order valence-electron chi connectivity index (χ3n) is 4.85. The lowest BCUT2D eigenvalue weighted by Crippen LogP contribution is -2.30. The van der Waals surface area contributed by atoms with E-state index in [0.29, 0.717) is 34.0 Å². The average Bonchev–Trinajstić information content (AvgIpc) is 2.65. The number of fused-ring (bicyclic) bond motifs is 2. The van der Waals surface area contributed by atoms with Gasteiger partial charge in [-0.1, -0.05) is 43.6 Å². The summed E-state index contributed by atoms with van der Waals surface area (Å²) < 4.78 is 3.34. The number of hydrogen-bond acceptors (Lipinski definition) is 3. The maximum atomic E-state index is 13.5. The molecule has 28 heavy (non-hydrogen) atoms. The Morgan fingerprint density at radius 1 is 1.07 bits per heavy atom. The first kappa shape index (κ1) is 18.4. The summed E-state index contributed by atoms with van der Waals surface area (Å²) >= 11 is 6.16. The number of aromatic nitrogens is 3. The number of para-hydroxylation sites is 1. The Bertz CT molecular complexity index is 1340. The molecule has 6 heteroatoms. The van der Waals surface area contributed by atoms with Crippen LogP contribution in [0.15, 0.2) is 58.1 Å². The summed E-state index contributed by atoms with van der Waals surface area (Å²) in [5, 5.41) is 1.12. The lowest BCUT2D eigenvalue weighted by atomic mass is 10.1. The van der Waals surface area contributed by atoms with Gasteiger partial charge in [-0.3, -0.25) is 14.2 Å². The fourth-order valence-electron chi connectivity index (χ4n) is 3.58. The Balaban J connectivity index is 2.21.